The van der Waals surface area contributed by atoms with Crippen LogP contribution in [0, 0.1) is 10.1 Å². The van der Waals surface area contributed by atoms with Crippen LogP contribution in [0.4, 0.5) is 5.69 Å². The number of nitrogens with one attached hydrogen (secondary N) is 1. The first kappa shape index (κ1) is 18.4. The number of nitro groups is 1. The van der Waals surface area contributed by atoms with Gasteiger partial charge in [0.25, 0.3) is 5.69 Å². The molecule has 1 aromatic heterocycles. The van der Waals surface area contributed by atoms with Gasteiger partial charge in [0.15, 0.2) is 0 Å². The number of aromatic amines is 1. The van der Waals surface area contributed by atoms with E-state index in [0.717, 1.165) is 22.2 Å². The van der Waals surface area contributed by atoms with Crippen LogP contribution < -0.4 is 0 Å². The van der Waals surface area contributed by atoms with E-state index >= 15 is 0 Å². The highest BCUT2D eigenvalue weighted by Gasteiger charge is 2.49. The molecule has 2 aliphatic heterocycles. The molecular weight excluding hydrogens is 384 g/mol. The van der Waals surface area contributed by atoms with E-state index in [4.69, 9.17) is 0 Å². The second-order valence-corrected chi connectivity index (χ2v) is 7.65. The molecule has 1 N–H and O–H groups in total. The monoisotopic (exact) mass is 404 g/mol. The van der Waals surface area contributed by atoms with Crippen molar-refractivity contribution in [2.75, 3.05) is 13.1 Å². The first-order valence-electron chi connectivity index (χ1n) is 9.94. The molecule has 152 valence electrons. The van der Waals surface area contributed by atoms with Gasteiger partial charge in [-0.1, -0.05) is 30.3 Å². The molecule has 2 atom stereocenters. The molecule has 0 bridgehead atoms. The Bertz CT molecular complexity index is 1200. The molecule has 2 aromatic carbocycles. The average molecular weight is 404 g/mol. The van der Waals surface area contributed by atoms with Crippen molar-refractivity contribution in [3.63, 3.8) is 0 Å². The van der Waals surface area contributed by atoms with Crippen LogP contribution in [-0.4, -0.2) is 50.7 Å². The van der Waals surface area contributed by atoms with Gasteiger partial charge in [-0.15, -0.1) is 0 Å². The summed E-state index contributed by atoms with van der Waals surface area (Å²) in [6.07, 6.45) is 0.386. The number of piperazine rings is 1. The number of carbonyl (C=O) groups excluding carboxylic acids is 2. The number of nitro benzene ring substituents is 1. The molecule has 0 aliphatic carbocycles. The van der Waals surface area contributed by atoms with Crippen LogP contribution in [0.25, 0.3) is 10.9 Å². The largest absolute Gasteiger partial charge is 0.356 e. The van der Waals surface area contributed by atoms with Gasteiger partial charge >= 0.3 is 0 Å². The zero-order chi connectivity index (χ0) is 21.0. The minimum absolute atomic E-state index is 0.0154. The van der Waals surface area contributed by atoms with Gasteiger partial charge in [-0.3, -0.25) is 19.7 Å². The summed E-state index contributed by atoms with van der Waals surface area (Å²) in [4.78, 5) is 44.2. The molecule has 1 fully saturated rings. The molecule has 8 nitrogen and oxygen atoms in total. The SMILES string of the molecule is CCN1CC(=O)N2C(Cc3c([nH]c4ccccc34)[C@H]2c2ccccc2[N+](=O)[O-])C1=O. The van der Waals surface area contributed by atoms with E-state index in [1.54, 1.807) is 28.0 Å². The molecule has 0 spiro atoms. The van der Waals surface area contributed by atoms with Crippen LogP contribution in [0.3, 0.4) is 0 Å². The van der Waals surface area contributed by atoms with Crippen molar-refractivity contribution < 1.29 is 14.5 Å². The van der Waals surface area contributed by atoms with Gasteiger partial charge in [0, 0.05) is 35.6 Å². The Morgan fingerprint density at radius 3 is 2.63 bits per heavy atom. The highest BCUT2D eigenvalue weighted by atomic mass is 16.6. The van der Waals surface area contributed by atoms with Crippen LogP contribution in [0.2, 0.25) is 0 Å². The van der Waals surface area contributed by atoms with Gasteiger partial charge < -0.3 is 14.8 Å². The second-order valence-electron chi connectivity index (χ2n) is 7.65. The number of benzene rings is 2. The number of amides is 2. The molecule has 1 saturated heterocycles. The van der Waals surface area contributed by atoms with Gasteiger partial charge in [0.05, 0.1) is 17.0 Å². The lowest BCUT2D eigenvalue weighted by Gasteiger charge is -2.46. The van der Waals surface area contributed by atoms with Crippen molar-refractivity contribution in [2.45, 2.75) is 25.4 Å². The normalized spacial score (nSPS) is 21.0. The van der Waals surface area contributed by atoms with E-state index in [1.165, 1.54) is 6.07 Å². The van der Waals surface area contributed by atoms with Crippen molar-refractivity contribution in [1.29, 1.82) is 0 Å². The molecule has 2 aliphatic rings. The Labute approximate surface area is 172 Å². The van der Waals surface area contributed by atoms with Gasteiger partial charge in [-0.05, 0) is 24.6 Å². The Morgan fingerprint density at radius 1 is 1.13 bits per heavy atom. The van der Waals surface area contributed by atoms with Gasteiger partial charge in [-0.2, -0.15) is 0 Å². The Hall–Kier alpha value is -3.68. The number of hydrogen-bond acceptors (Lipinski definition) is 4. The van der Waals surface area contributed by atoms with Crippen LogP contribution in [-0.2, 0) is 16.0 Å². The third-order valence-corrected chi connectivity index (χ3v) is 6.15. The van der Waals surface area contributed by atoms with Crippen LogP contribution in [0.15, 0.2) is 48.5 Å². The van der Waals surface area contributed by atoms with E-state index in [9.17, 15) is 19.7 Å². The number of carbonyl (C=O) groups is 2. The number of rotatable bonds is 3. The Balaban J connectivity index is 1.79. The predicted molar refractivity (Wildman–Crippen MR) is 110 cm³/mol. The van der Waals surface area contributed by atoms with E-state index < -0.39 is 17.0 Å². The molecule has 0 saturated carbocycles. The molecule has 1 unspecified atom stereocenters. The number of aromatic nitrogens is 1. The van der Waals surface area contributed by atoms with E-state index in [0.29, 0.717) is 18.5 Å². The van der Waals surface area contributed by atoms with Crippen molar-refractivity contribution in [2.24, 2.45) is 0 Å². The Morgan fingerprint density at radius 2 is 1.87 bits per heavy atom. The molecular formula is C22H20N4O4. The number of fused-ring (bicyclic) bond motifs is 4. The van der Waals surface area contributed by atoms with Gasteiger partial charge in [-0.25, -0.2) is 0 Å². The fourth-order valence-corrected chi connectivity index (χ4v) is 4.80. The predicted octanol–water partition coefficient (Wildman–Crippen LogP) is 2.78. The zero-order valence-corrected chi connectivity index (χ0v) is 16.4. The van der Waals surface area contributed by atoms with E-state index in [1.807, 2.05) is 31.2 Å². The summed E-state index contributed by atoms with van der Waals surface area (Å²) in [7, 11) is 0. The molecule has 30 heavy (non-hydrogen) atoms. The third-order valence-electron chi connectivity index (χ3n) is 6.15. The zero-order valence-electron chi connectivity index (χ0n) is 16.4. The maximum atomic E-state index is 13.2. The van der Waals surface area contributed by atoms with Crippen LogP contribution in [0.5, 0.6) is 0 Å². The number of hydrogen-bond donors (Lipinski definition) is 1. The number of para-hydroxylation sites is 2. The molecule has 3 aromatic rings. The topological polar surface area (TPSA) is 99.6 Å². The number of likely N-dealkylation sites (N-methyl/N-ethyl adjacent to an activating group) is 1. The first-order chi connectivity index (χ1) is 14.5. The quantitative estimate of drug-likeness (QED) is 0.536. The summed E-state index contributed by atoms with van der Waals surface area (Å²) in [5, 5.41) is 12.7. The minimum atomic E-state index is -0.719. The van der Waals surface area contributed by atoms with E-state index in [-0.39, 0.29) is 24.0 Å². The summed E-state index contributed by atoms with van der Waals surface area (Å²) in [6.45, 7) is 2.28. The minimum Gasteiger partial charge on any atom is -0.356 e. The first-order valence-corrected chi connectivity index (χ1v) is 9.94. The van der Waals surface area contributed by atoms with Crippen LogP contribution >= 0.6 is 0 Å². The van der Waals surface area contributed by atoms with Crippen molar-refractivity contribution in [3.8, 4) is 0 Å². The van der Waals surface area contributed by atoms with Crippen molar-refractivity contribution in [1.82, 2.24) is 14.8 Å². The lowest BCUT2D eigenvalue weighted by atomic mass is 9.85. The van der Waals surface area contributed by atoms with Gasteiger partial charge in [0.1, 0.15) is 12.1 Å². The fourth-order valence-electron chi connectivity index (χ4n) is 4.80. The van der Waals surface area contributed by atoms with Crippen molar-refractivity contribution >= 4 is 28.4 Å². The van der Waals surface area contributed by atoms with Crippen LogP contribution in [0.1, 0.15) is 29.8 Å². The third kappa shape index (κ3) is 2.53. The van der Waals surface area contributed by atoms with Gasteiger partial charge in [0.2, 0.25) is 11.8 Å². The fraction of sp³-hybridized carbons (Fsp3) is 0.273. The maximum Gasteiger partial charge on any atom is 0.275 e. The number of nitrogens with zero attached hydrogens (tertiary/aromatic N) is 3. The molecule has 5 rings (SSSR count). The lowest BCUT2D eigenvalue weighted by molar-refractivity contribution is -0.385. The summed E-state index contributed by atoms with van der Waals surface area (Å²) >= 11 is 0. The number of H-pyrrole nitrogens is 1. The van der Waals surface area contributed by atoms with Crippen molar-refractivity contribution in [3.05, 3.63) is 75.5 Å². The lowest BCUT2D eigenvalue weighted by Crippen LogP contribution is -2.62. The molecule has 2 amide bonds. The molecule has 3 heterocycles. The standard InChI is InChI=1S/C22H20N4O4/c1-2-24-12-19(27)25-18(22(24)28)11-15-13-7-3-5-9-16(13)23-20(15)21(25)14-8-4-6-10-17(14)26(29)30/h3-10,18,21,23H,2,11-12H2,1H3/t18?,21-/m1/s1. The summed E-state index contributed by atoms with van der Waals surface area (Å²) in [5.74, 6) is -0.314. The maximum absolute atomic E-state index is 13.2. The second kappa shape index (κ2) is 6.69. The smallest absolute Gasteiger partial charge is 0.275 e. The summed E-state index contributed by atoms with van der Waals surface area (Å²) in [6, 6.07) is 12.8. The Kier molecular flexibility index (Phi) is 4.09. The molecule has 8 heteroatoms. The van der Waals surface area contributed by atoms with E-state index in [2.05, 4.69) is 4.98 Å². The average Bonchev–Trinajstić information content (AvgIpc) is 3.13. The summed E-state index contributed by atoms with van der Waals surface area (Å²) < 4.78 is 0. The highest BCUT2D eigenvalue weighted by Crippen LogP contribution is 2.44. The molecule has 0 radical (unpaired) electrons. The summed E-state index contributed by atoms with van der Waals surface area (Å²) in [5.41, 5.74) is 2.91. The highest BCUT2D eigenvalue weighted by molar-refractivity contribution is 5.97.